The van der Waals surface area contributed by atoms with Gasteiger partial charge >= 0.3 is 0 Å². The van der Waals surface area contributed by atoms with Gasteiger partial charge in [-0.15, -0.1) is 0 Å². The van der Waals surface area contributed by atoms with E-state index in [1.807, 2.05) is 0 Å². The van der Waals surface area contributed by atoms with Crippen molar-refractivity contribution in [2.24, 2.45) is 0 Å². The molecule has 1 atom stereocenters. The molecule has 0 saturated carbocycles. The molecule has 0 aromatic heterocycles. The Morgan fingerprint density at radius 2 is 2.42 bits per heavy atom. The molecule has 0 amide bonds. The summed E-state index contributed by atoms with van der Waals surface area (Å²) in [6.07, 6.45) is 2.57. The van der Waals surface area contributed by atoms with E-state index in [9.17, 15) is 4.79 Å². The molecule has 3 heteroatoms. The summed E-state index contributed by atoms with van der Waals surface area (Å²) in [5.74, 6) is -0.0272. The van der Waals surface area contributed by atoms with Crippen LogP contribution in [-0.2, 0) is 9.53 Å². The average Bonchev–Trinajstić information content (AvgIpc) is 2.05. The Morgan fingerprint density at radius 1 is 1.75 bits per heavy atom. The molecule has 0 saturated heterocycles. The highest BCUT2D eigenvalue weighted by atomic mass is 16.5. The predicted octanol–water partition coefficient (Wildman–Crippen LogP) is 1.36. The molecule has 0 aliphatic heterocycles. The van der Waals surface area contributed by atoms with Gasteiger partial charge in [-0.1, -0.05) is 0 Å². The smallest absolute Gasteiger partial charge is 0.184 e. The first-order valence-corrected chi connectivity index (χ1v) is 3.77. The number of aliphatic hydroxyl groups is 1. The summed E-state index contributed by atoms with van der Waals surface area (Å²) in [5.41, 5.74) is 1.58. The van der Waals surface area contributed by atoms with E-state index in [1.54, 1.807) is 6.92 Å². The zero-order valence-corrected chi connectivity index (χ0v) is 7.20. The van der Waals surface area contributed by atoms with Crippen LogP contribution < -0.4 is 0 Å². The number of carbonyl (C=O) groups is 1. The fourth-order valence-corrected chi connectivity index (χ4v) is 1.21. The molecule has 0 heterocycles. The number of methoxy groups -OCH3 is 1. The first kappa shape index (κ1) is 9.00. The van der Waals surface area contributed by atoms with Crippen molar-refractivity contribution >= 4 is 5.78 Å². The highest BCUT2D eigenvalue weighted by Crippen LogP contribution is 2.22. The zero-order valence-electron chi connectivity index (χ0n) is 7.20. The van der Waals surface area contributed by atoms with Crippen LogP contribution in [0.2, 0.25) is 0 Å². The lowest BCUT2D eigenvalue weighted by Crippen LogP contribution is -2.25. The highest BCUT2D eigenvalue weighted by Gasteiger charge is 2.23. The number of rotatable bonds is 1. The summed E-state index contributed by atoms with van der Waals surface area (Å²) in [6.45, 7) is 1.80. The van der Waals surface area contributed by atoms with Gasteiger partial charge in [0.05, 0.1) is 6.26 Å². The number of ketones is 1. The molecule has 12 heavy (non-hydrogen) atoms. The van der Waals surface area contributed by atoms with Gasteiger partial charge < -0.3 is 9.84 Å². The summed E-state index contributed by atoms with van der Waals surface area (Å²) in [7, 11) is 1.49. The molecule has 0 bridgehead atoms. The topological polar surface area (TPSA) is 46.5 Å². The largest absolute Gasteiger partial charge is 0.515 e. The molecule has 1 N–H and O–H groups in total. The minimum atomic E-state index is -0.424. The molecular weight excluding hydrogens is 156 g/mol. The zero-order chi connectivity index (χ0) is 9.14. The van der Waals surface area contributed by atoms with Crippen LogP contribution in [0.5, 0.6) is 0 Å². The van der Waals surface area contributed by atoms with Crippen LogP contribution in [0.3, 0.4) is 0 Å². The van der Waals surface area contributed by atoms with Gasteiger partial charge in [-0.05, 0) is 24.1 Å². The first-order chi connectivity index (χ1) is 5.69. The van der Waals surface area contributed by atoms with E-state index < -0.39 is 6.10 Å². The Hall–Kier alpha value is -1.09. The number of carbonyl (C=O) groups excluding carboxylic acids is 1. The summed E-state index contributed by atoms with van der Waals surface area (Å²) in [5, 5.41) is 8.79. The van der Waals surface area contributed by atoms with Gasteiger partial charge in [0.1, 0.15) is 6.10 Å². The Morgan fingerprint density at radius 3 is 2.92 bits per heavy atom. The number of hydrogen-bond acceptors (Lipinski definition) is 3. The molecule has 3 nitrogen and oxygen atoms in total. The normalized spacial score (nSPS) is 27.5. The lowest BCUT2D eigenvalue weighted by atomic mass is 9.92. The summed E-state index contributed by atoms with van der Waals surface area (Å²) in [6, 6.07) is 0. The average molecular weight is 168 g/mol. The molecule has 66 valence electrons. The van der Waals surface area contributed by atoms with Gasteiger partial charge in [0.15, 0.2) is 5.78 Å². The molecule has 1 rings (SSSR count). The number of allylic oxidation sites excluding steroid dienone is 1. The summed E-state index contributed by atoms with van der Waals surface area (Å²) in [4.78, 5) is 11.2. The van der Waals surface area contributed by atoms with Crippen molar-refractivity contribution in [1.29, 1.82) is 0 Å². The molecule has 0 unspecified atom stereocenters. The van der Waals surface area contributed by atoms with E-state index in [2.05, 4.69) is 0 Å². The van der Waals surface area contributed by atoms with Crippen molar-refractivity contribution in [2.75, 3.05) is 7.11 Å². The quantitative estimate of drug-likeness (QED) is 0.601. The monoisotopic (exact) mass is 168 g/mol. The Kier molecular flexibility index (Phi) is 2.65. The Balaban J connectivity index is 2.90. The van der Waals surface area contributed by atoms with Gasteiger partial charge in [-0.2, -0.15) is 0 Å². The third kappa shape index (κ3) is 1.56. The Labute approximate surface area is 71.3 Å². The predicted molar refractivity (Wildman–Crippen MR) is 44.9 cm³/mol. The van der Waals surface area contributed by atoms with Crippen molar-refractivity contribution in [3.8, 4) is 0 Å². The highest BCUT2D eigenvalue weighted by molar-refractivity contribution is 5.96. The second-order valence-corrected chi connectivity index (χ2v) is 2.81. The van der Waals surface area contributed by atoms with E-state index in [-0.39, 0.29) is 5.78 Å². The van der Waals surface area contributed by atoms with Crippen LogP contribution in [0.4, 0.5) is 0 Å². The van der Waals surface area contributed by atoms with Gasteiger partial charge in [-0.3, -0.25) is 4.79 Å². The lowest BCUT2D eigenvalue weighted by Gasteiger charge is -2.19. The molecule has 0 radical (unpaired) electrons. The maximum absolute atomic E-state index is 11.2. The molecule has 0 aromatic carbocycles. The van der Waals surface area contributed by atoms with E-state index >= 15 is 0 Å². The SMILES string of the molecule is CO[C@H]1CC(=CO)C(C)=CC1=O. The van der Waals surface area contributed by atoms with Gasteiger partial charge in [0, 0.05) is 13.5 Å². The standard InChI is InChI=1S/C9H12O3/c1-6-3-8(11)9(12-2)4-7(6)5-10/h3,5,9-10H,4H2,1-2H3/t9-/m0/s1. The minimum absolute atomic E-state index is 0.0272. The maximum atomic E-state index is 11.2. The van der Waals surface area contributed by atoms with Crippen molar-refractivity contribution in [1.82, 2.24) is 0 Å². The molecular formula is C9H12O3. The maximum Gasteiger partial charge on any atom is 0.184 e. The van der Waals surface area contributed by atoms with Crippen LogP contribution in [0.25, 0.3) is 0 Å². The van der Waals surface area contributed by atoms with Gasteiger partial charge in [0.25, 0.3) is 0 Å². The van der Waals surface area contributed by atoms with Gasteiger partial charge in [-0.25, -0.2) is 0 Å². The molecule has 0 spiro atoms. The van der Waals surface area contributed by atoms with E-state index in [1.165, 1.54) is 13.2 Å². The van der Waals surface area contributed by atoms with Crippen LogP contribution in [0.15, 0.2) is 23.5 Å². The molecule has 0 aromatic rings. The van der Waals surface area contributed by atoms with Gasteiger partial charge in [0.2, 0.25) is 0 Å². The van der Waals surface area contributed by atoms with Crippen molar-refractivity contribution in [2.45, 2.75) is 19.4 Å². The fraction of sp³-hybridized carbons (Fsp3) is 0.444. The van der Waals surface area contributed by atoms with E-state index in [4.69, 9.17) is 9.84 Å². The van der Waals surface area contributed by atoms with Crippen LogP contribution in [0, 0.1) is 0 Å². The van der Waals surface area contributed by atoms with Crippen molar-refractivity contribution in [3.05, 3.63) is 23.5 Å². The Bertz CT molecular complexity index is 250. The van der Waals surface area contributed by atoms with E-state index in [0.29, 0.717) is 6.42 Å². The second-order valence-electron chi connectivity index (χ2n) is 2.81. The number of aliphatic hydroxyl groups excluding tert-OH is 1. The van der Waals surface area contributed by atoms with Crippen LogP contribution in [-0.4, -0.2) is 24.1 Å². The summed E-state index contributed by atoms with van der Waals surface area (Å²) < 4.78 is 4.94. The van der Waals surface area contributed by atoms with Crippen LogP contribution in [0.1, 0.15) is 13.3 Å². The number of hydrogen-bond donors (Lipinski definition) is 1. The third-order valence-corrected chi connectivity index (χ3v) is 2.03. The molecule has 0 fully saturated rings. The molecule has 1 aliphatic carbocycles. The van der Waals surface area contributed by atoms with Crippen molar-refractivity contribution in [3.63, 3.8) is 0 Å². The van der Waals surface area contributed by atoms with Crippen molar-refractivity contribution < 1.29 is 14.6 Å². The van der Waals surface area contributed by atoms with Crippen LogP contribution >= 0.6 is 0 Å². The lowest BCUT2D eigenvalue weighted by molar-refractivity contribution is -0.124. The third-order valence-electron chi connectivity index (χ3n) is 2.03. The fourth-order valence-electron chi connectivity index (χ4n) is 1.21. The first-order valence-electron chi connectivity index (χ1n) is 3.77. The van der Waals surface area contributed by atoms with E-state index in [0.717, 1.165) is 17.4 Å². The minimum Gasteiger partial charge on any atom is -0.515 e. The number of ether oxygens (including phenoxy) is 1. The molecule has 1 aliphatic rings. The second kappa shape index (κ2) is 3.54. The summed E-state index contributed by atoms with van der Waals surface area (Å²) >= 11 is 0.